The maximum atomic E-state index is 6.12. The average Bonchev–Trinajstić information content (AvgIpc) is 2.54. The van der Waals surface area contributed by atoms with Crippen molar-refractivity contribution in [1.29, 1.82) is 0 Å². The van der Waals surface area contributed by atoms with Crippen LogP contribution in [0.2, 0.25) is 0 Å². The van der Waals surface area contributed by atoms with Gasteiger partial charge in [0, 0.05) is 16.4 Å². The van der Waals surface area contributed by atoms with Crippen LogP contribution >= 0.6 is 15.9 Å². The number of nitrogen functional groups attached to an aromatic ring is 1. The van der Waals surface area contributed by atoms with E-state index in [4.69, 9.17) is 5.73 Å². The Morgan fingerprint density at radius 2 is 1.59 bits per heavy atom. The number of para-hydroxylation sites is 1. The van der Waals surface area contributed by atoms with Gasteiger partial charge in [-0.15, -0.1) is 0 Å². The van der Waals surface area contributed by atoms with Crippen molar-refractivity contribution in [1.82, 2.24) is 15.0 Å². The third kappa shape index (κ3) is 3.32. The molecule has 4 N–H and O–H groups in total. The Morgan fingerprint density at radius 1 is 0.864 bits per heavy atom. The van der Waals surface area contributed by atoms with Crippen LogP contribution < -0.4 is 16.4 Å². The summed E-state index contributed by atoms with van der Waals surface area (Å²) in [6, 6.07) is 13.4. The SMILES string of the molecule is Nc1c(Nc2ccccc2)ncnc1Nc1ccc(Br)cn1. The third-order valence-corrected chi connectivity index (χ3v) is 3.36. The highest BCUT2D eigenvalue weighted by atomic mass is 79.9. The highest BCUT2D eigenvalue weighted by Crippen LogP contribution is 2.27. The molecule has 2 aromatic heterocycles. The molecule has 0 aliphatic heterocycles. The first-order chi connectivity index (χ1) is 10.7. The Balaban J connectivity index is 1.84. The summed E-state index contributed by atoms with van der Waals surface area (Å²) in [4.78, 5) is 12.6. The van der Waals surface area contributed by atoms with Gasteiger partial charge in [0.05, 0.1) is 0 Å². The van der Waals surface area contributed by atoms with Crippen LogP contribution in [0.1, 0.15) is 0 Å². The minimum absolute atomic E-state index is 0.427. The van der Waals surface area contributed by atoms with E-state index in [-0.39, 0.29) is 0 Å². The van der Waals surface area contributed by atoms with Gasteiger partial charge in [-0.1, -0.05) is 18.2 Å². The molecule has 3 rings (SSSR count). The fourth-order valence-electron chi connectivity index (χ4n) is 1.82. The van der Waals surface area contributed by atoms with Crippen LogP contribution in [0.15, 0.2) is 59.5 Å². The number of nitrogens with one attached hydrogen (secondary N) is 2. The normalized spacial score (nSPS) is 10.2. The van der Waals surface area contributed by atoms with Gasteiger partial charge >= 0.3 is 0 Å². The maximum absolute atomic E-state index is 6.12. The van der Waals surface area contributed by atoms with E-state index in [1.54, 1.807) is 6.20 Å². The van der Waals surface area contributed by atoms with E-state index in [0.29, 0.717) is 23.1 Å². The summed E-state index contributed by atoms with van der Waals surface area (Å²) in [5.41, 5.74) is 7.45. The number of hydrogen-bond donors (Lipinski definition) is 3. The molecule has 0 spiro atoms. The van der Waals surface area contributed by atoms with E-state index in [9.17, 15) is 0 Å². The Bertz CT molecular complexity index is 761. The number of nitrogens with zero attached hydrogens (tertiary/aromatic N) is 3. The number of nitrogens with two attached hydrogens (primary N) is 1. The van der Waals surface area contributed by atoms with Crippen molar-refractivity contribution in [3.05, 3.63) is 59.5 Å². The smallest absolute Gasteiger partial charge is 0.160 e. The van der Waals surface area contributed by atoms with Crippen molar-refractivity contribution in [2.45, 2.75) is 0 Å². The molecule has 22 heavy (non-hydrogen) atoms. The zero-order chi connectivity index (χ0) is 15.4. The lowest BCUT2D eigenvalue weighted by molar-refractivity contribution is 1.16. The van der Waals surface area contributed by atoms with Crippen molar-refractivity contribution in [2.75, 3.05) is 16.4 Å². The van der Waals surface area contributed by atoms with Gasteiger partial charge in [-0.05, 0) is 40.2 Å². The number of halogens is 1. The molecule has 3 aromatic rings. The van der Waals surface area contributed by atoms with Crippen LogP contribution in [-0.4, -0.2) is 15.0 Å². The molecular weight excluding hydrogens is 344 g/mol. The van der Waals surface area contributed by atoms with Gasteiger partial charge in [0.1, 0.15) is 17.8 Å². The zero-order valence-electron chi connectivity index (χ0n) is 11.5. The first kappa shape index (κ1) is 14.3. The number of anilines is 5. The largest absolute Gasteiger partial charge is 0.393 e. The van der Waals surface area contributed by atoms with Crippen LogP contribution in [0.5, 0.6) is 0 Å². The minimum atomic E-state index is 0.427. The molecule has 0 amide bonds. The Hall–Kier alpha value is -2.67. The van der Waals surface area contributed by atoms with Crippen LogP contribution in [0.3, 0.4) is 0 Å². The molecule has 110 valence electrons. The predicted molar refractivity (Wildman–Crippen MR) is 91.4 cm³/mol. The van der Waals surface area contributed by atoms with E-state index < -0.39 is 0 Å². The minimum Gasteiger partial charge on any atom is -0.393 e. The lowest BCUT2D eigenvalue weighted by Crippen LogP contribution is -2.05. The summed E-state index contributed by atoms with van der Waals surface area (Å²) >= 11 is 3.34. The molecule has 0 atom stereocenters. The summed E-state index contributed by atoms with van der Waals surface area (Å²) in [5.74, 6) is 1.70. The molecule has 0 fully saturated rings. The van der Waals surface area contributed by atoms with Crippen molar-refractivity contribution >= 4 is 44.8 Å². The van der Waals surface area contributed by atoms with Gasteiger partial charge in [-0.25, -0.2) is 15.0 Å². The summed E-state index contributed by atoms with van der Waals surface area (Å²) in [7, 11) is 0. The van der Waals surface area contributed by atoms with Gasteiger partial charge in [0.2, 0.25) is 0 Å². The highest BCUT2D eigenvalue weighted by Gasteiger charge is 2.09. The van der Waals surface area contributed by atoms with Crippen molar-refractivity contribution < 1.29 is 0 Å². The van der Waals surface area contributed by atoms with Crippen molar-refractivity contribution in [2.24, 2.45) is 0 Å². The monoisotopic (exact) mass is 356 g/mol. The molecular formula is C15H13BrN6. The number of pyridine rings is 1. The van der Waals surface area contributed by atoms with Crippen LogP contribution in [-0.2, 0) is 0 Å². The van der Waals surface area contributed by atoms with E-state index in [1.165, 1.54) is 6.33 Å². The standard InChI is InChI=1S/C15H13BrN6/c16-10-6-7-12(18-8-10)22-15-13(17)14(19-9-20-15)21-11-4-2-1-3-5-11/h1-9H,17H2,(H2,18,19,20,21,22). The van der Waals surface area contributed by atoms with Gasteiger partial charge in [-0.3, -0.25) is 0 Å². The topological polar surface area (TPSA) is 88.8 Å². The van der Waals surface area contributed by atoms with Crippen LogP contribution in [0, 0.1) is 0 Å². The molecule has 0 unspecified atom stereocenters. The first-order valence-corrected chi connectivity index (χ1v) is 7.33. The molecule has 1 aromatic carbocycles. The number of benzene rings is 1. The molecule has 0 radical (unpaired) electrons. The second kappa shape index (κ2) is 6.40. The van der Waals surface area contributed by atoms with Gasteiger partial charge in [0.15, 0.2) is 11.6 Å². The Kier molecular flexibility index (Phi) is 4.15. The molecule has 7 heteroatoms. The predicted octanol–water partition coefficient (Wildman–Crippen LogP) is 3.70. The molecule has 0 saturated carbocycles. The lowest BCUT2D eigenvalue weighted by Gasteiger charge is -2.12. The Morgan fingerprint density at radius 3 is 2.27 bits per heavy atom. The third-order valence-electron chi connectivity index (χ3n) is 2.89. The average molecular weight is 357 g/mol. The quantitative estimate of drug-likeness (QED) is 0.660. The molecule has 0 aliphatic carbocycles. The van der Waals surface area contributed by atoms with Crippen molar-refractivity contribution in [3.63, 3.8) is 0 Å². The van der Waals surface area contributed by atoms with Gasteiger partial charge in [0.25, 0.3) is 0 Å². The van der Waals surface area contributed by atoms with Crippen LogP contribution in [0.25, 0.3) is 0 Å². The summed E-state index contributed by atoms with van der Waals surface area (Å²) in [5, 5.41) is 6.24. The summed E-state index contributed by atoms with van der Waals surface area (Å²) in [6.07, 6.45) is 3.14. The number of hydrogen-bond acceptors (Lipinski definition) is 6. The molecule has 0 bridgehead atoms. The fourth-order valence-corrected chi connectivity index (χ4v) is 2.06. The number of rotatable bonds is 4. The first-order valence-electron chi connectivity index (χ1n) is 6.53. The molecule has 2 heterocycles. The second-order valence-corrected chi connectivity index (χ2v) is 5.38. The second-order valence-electron chi connectivity index (χ2n) is 4.46. The zero-order valence-corrected chi connectivity index (χ0v) is 13.1. The molecule has 0 saturated heterocycles. The van der Waals surface area contributed by atoms with Crippen molar-refractivity contribution in [3.8, 4) is 0 Å². The van der Waals surface area contributed by atoms with E-state index in [0.717, 1.165) is 10.2 Å². The summed E-state index contributed by atoms with van der Waals surface area (Å²) < 4.78 is 0.903. The van der Waals surface area contributed by atoms with Gasteiger partial charge < -0.3 is 16.4 Å². The van der Waals surface area contributed by atoms with E-state index >= 15 is 0 Å². The lowest BCUT2D eigenvalue weighted by atomic mass is 10.3. The maximum Gasteiger partial charge on any atom is 0.160 e. The number of aromatic nitrogens is 3. The fraction of sp³-hybridized carbons (Fsp3) is 0. The summed E-state index contributed by atoms with van der Waals surface area (Å²) in [6.45, 7) is 0. The Labute approximate surface area is 136 Å². The van der Waals surface area contributed by atoms with Gasteiger partial charge in [-0.2, -0.15) is 0 Å². The highest BCUT2D eigenvalue weighted by molar-refractivity contribution is 9.10. The van der Waals surface area contributed by atoms with Crippen LogP contribution in [0.4, 0.5) is 28.8 Å². The molecule has 0 aliphatic rings. The molecule has 6 nitrogen and oxygen atoms in total. The van der Waals surface area contributed by atoms with E-state index in [2.05, 4.69) is 41.5 Å². The van der Waals surface area contributed by atoms with E-state index in [1.807, 2.05) is 42.5 Å².